The zero-order valence-electron chi connectivity index (χ0n) is 12.5. The van der Waals surface area contributed by atoms with Crippen molar-refractivity contribution in [1.29, 1.82) is 0 Å². The number of pyridine rings is 1. The molecule has 1 atom stereocenters. The summed E-state index contributed by atoms with van der Waals surface area (Å²) in [5, 5.41) is 3.37. The van der Waals surface area contributed by atoms with Crippen LogP contribution in [-0.2, 0) is 4.74 Å². The number of hydrogen-bond donors (Lipinski definition) is 1. The molecular weight excluding hydrogens is 240 g/mol. The van der Waals surface area contributed by atoms with Gasteiger partial charge in [-0.05, 0) is 31.0 Å². The molecule has 19 heavy (non-hydrogen) atoms. The molecule has 1 heterocycles. The lowest BCUT2D eigenvalue weighted by molar-refractivity contribution is 0.0806. The van der Waals surface area contributed by atoms with Crippen molar-refractivity contribution >= 4 is 0 Å². The summed E-state index contributed by atoms with van der Waals surface area (Å²) in [6, 6.07) is 4.30. The smallest absolute Gasteiger partial charge is 0.213 e. The Morgan fingerprint density at radius 2 is 2.05 bits per heavy atom. The standard InChI is InChI=1S/C15H26N2O2/c1-5-16-13(4)14-6-7-17-15(10-14)19-9-8-18-11-12(2)3/h6-7,10,12-13,16H,5,8-9,11H2,1-4H3. The number of hydrogen-bond acceptors (Lipinski definition) is 4. The molecule has 0 radical (unpaired) electrons. The van der Waals surface area contributed by atoms with E-state index in [0.717, 1.165) is 13.2 Å². The third kappa shape index (κ3) is 6.55. The van der Waals surface area contributed by atoms with Crippen LogP contribution in [0.5, 0.6) is 5.88 Å². The second-order valence-electron chi connectivity index (χ2n) is 5.02. The second kappa shape index (κ2) is 8.88. The molecule has 1 N–H and O–H groups in total. The molecule has 1 rings (SSSR count). The Morgan fingerprint density at radius 1 is 1.26 bits per heavy atom. The predicted octanol–water partition coefficient (Wildman–Crippen LogP) is 2.80. The first-order chi connectivity index (χ1) is 9.13. The molecule has 0 aliphatic heterocycles. The lowest BCUT2D eigenvalue weighted by Gasteiger charge is -2.13. The molecule has 0 aliphatic carbocycles. The third-order valence-electron chi connectivity index (χ3n) is 2.70. The highest BCUT2D eigenvalue weighted by Crippen LogP contribution is 2.16. The van der Waals surface area contributed by atoms with E-state index in [0.29, 0.717) is 31.1 Å². The first-order valence-electron chi connectivity index (χ1n) is 7.03. The number of nitrogens with zero attached hydrogens (tertiary/aromatic N) is 1. The molecule has 108 valence electrons. The highest BCUT2D eigenvalue weighted by atomic mass is 16.5. The van der Waals surface area contributed by atoms with Crippen LogP contribution < -0.4 is 10.1 Å². The molecule has 0 fully saturated rings. The molecule has 0 spiro atoms. The maximum Gasteiger partial charge on any atom is 0.213 e. The van der Waals surface area contributed by atoms with Crippen LogP contribution in [0.3, 0.4) is 0 Å². The molecular formula is C15H26N2O2. The summed E-state index contributed by atoms with van der Waals surface area (Å²) in [6.45, 7) is 11.4. The molecule has 0 aliphatic rings. The van der Waals surface area contributed by atoms with Gasteiger partial charge in [-0.15, -0.1) is 0 Å². The van der Waals surface area contributed by atoms with E-state index in [4.69, 9.17) is 9.47 Å². The minimum Gasteiger partial charge on any atom is -0.475 e. The quantitative estimate of drug-likeness (QED) is 0.698. The van der Waals surface area contributed by atoms with Crippen molar-refractivity contribution in [3.8, 4) is 5.88 Å². The molecule has 4 heteroatoms. The normalized spacial score (nSPS) is 12.7. The van der Waals surface area contributed by atoms with Crippen molar-refractivity contribution in [2.24, 2.45) is 5.92 Å². The van der Waals surface area contributed by atoms with E-state index in [2.05, 4.69) is 38.0 Å². The second-order valence-corrected chi connectivity index (χ2v) is 5.02. The van der Waals surface area contributed by atoms with Crippen molar-refractivity contribution in [3.05, 3.63) is 23.9 Å². The Balaban J connectivity index is 2.35. The molecule has 1 aromatic heterocycles. The third-order valence-corrected chi connectivity index (χ3v) is 2.70. The fourth-order valence-electron chi connectivity index (χ4n) is 1.72. The molecule has 1 unspecified atom stereocenters. The van der Waals surface area contributed by atoms with Gasteiger partial charge < -0.3 is 14.8 Å². The molecule has 0 saturated carbocycles. The topological polar surface area (TPSA) is 43.4 Å². The monoisotopic (exact) mass is 266 g/mol. The fourth-order valence-corrected chi connectivity index (χ4v) is 1.72. The van der Waals surface area contributed by atoms with Crippen LogP contribution in [0.1, 0.15) is 39.3 Å². The lowest BCUT2D eigenvalue weighted by atomic mass is 10.1. The fraction of sp³-hybridized carbons (Fsp3) is 0.667. The summed E-state index contributed by atoms with van der Waals surface area (Å²) in [4.78, 5) is 4.21. The van der Waals surface area contributed by atoms with Gasteiger partial charge in [-0.2, -0.15) is 0 Å². The maximum atomic E-state index is 5.59. The highest BCUT2D eigenvalue weighted by Gasteiger charge is 2.05. The van der Waals surface area contributed by atoms with E-state index >= 15 is 0 Å². The van der Waals surface area contributed by atoms with Gasteiger partial charge in [0.05, 0.1) is 6.61 Å². The summed E-state index contributed by atoms with van der Waals surface area (Å²) < 4.78 is 11.1. The van der Waals surface area contributed by atoms with E-state index in [1.54, 1.807) is 6.20 Å². The maximum absolute atomic E-state index is 5.59. The van der Waals surface area contributed by atoms with Gasteiger partial charge >= 0.3 is 0 Å². The van der Waals surface area contributed by atoms with Crippen LogP contribution in [0.4, 0.5) is 0 Å². The van der Waals surface area contributed by atoms with Gasteiger partial charge in [0.25, 0.3) is 0 Å². The van der Waals surface area contributed by atoms with E-state index in [1.165, 1.54) is 5.56 Å². The minimum absolute atomic E-state index is 0.313. The van der Waals surface area contributed by atoms with Gasteiger partial charge in [0, 0.05) is 24.9 Å². The molecule has 0 amide bonds. The number of aromatic nitrogens is 1. The zero-order chi connectivity index (χ0) is 14.1. The average molecular weight is 266 g/mol. The predicted molar refractivity (Wildman–Crippen MR) is 77.5 cm³/mol. The van der Waals surface area contributed by atoms with E-state index in [1.807, 2.05) is 12.1 Å². The molecule has 0 saturated heterocycles. The SMILES string of the molecule is CCNC(C)c1ccnc(OCCOCC(C)C)c1. The van der Waals surface area contributed by atoms with Gasteiger partial charge in [0.1, 0.15) is 6.61 Å². The Bertz CT molecular complexity index is 356. The summed E-state index contributed by atoms with van der Waals surface area (Å²) in [7, 11) is 0. The van der Waals surface area contributed by atoms with Crippen LogP contribution in [0.15, 0.2) is 18.3 Å². The molecule has 4 nitrogen and oxygen atoms in total. The van der Waals surface area contributed by atoms with Crippen LogP contribution in [-0.4, -0.2) is 31.3 Å². The van der Waals surface area contributed by atoms with Crippen LogP contribution in [0.2, 0.25) is 0 Å². The number of rotatable bonds is 9. The summed E-state index contributed by atoms with van der Waals surface area (Å²) in [5.74, 6) is 1.22. The van der Waals surface area contributed by atoms with Gasteiger partial charge in [-0.1, -0.05) is 20.8 Å². The summed E-state index contributed by atoms with van der Waals surface area (Å²) in [5.41, 5.74) is 1.19. The summed E-state index contributed by atoms with van der Waals surface area (Å²) >= 11 is 0. The Hall–Kier alpha value is -1.13. The van der Waals surface area contributed by atoms with E-state index in [9.17, 15) is 0 Å². The van der Waals surface area contributed by atoms with Gasteiger partial charge in [-0.25, -0.2) is 4.98 Å². The Morgan fingerprint density at radius 3 is 2.74 bits per heavy atom. The van der Waals surface area contributed by atoms with Crippen molar-refractivity contribution in [2.75, 3.05) is 26.4 Å². The van der Waals surface area contributed by atoms with Gasteiger partial charge in [0.15, 0.2) is 0 Å². The van der Waals surface area contributed by atoms with Gasteiger partial charge in [-0.3, -0.25) is 0 Å². The molecule has 0 aromatic carbocycles. The van der Waals surface area contributed by atoms with E-state index < -0.39 is 0 Å². The minimum atomic E-state index is 0.313. The lowest BCUT2D eigenvalue weighted by Crippen LogP contribution is -2.18. The van der Waals surface area contributed by atoms with E-state index in [-0.39, 0.29) is 0 Å². The first kappa shape index (κ1) is 15.9. The Labute approximate surface area is 116 Å². The van der Waals surface area contributed by atoms with Crippen LogP contribution in [0.25, 0.3) is 0 Å². The van der Waals surface area contributed by atoms with Crippen molar-refractivity contribution < 1.29 is 9.47 Å². The zero-order valence-corrected chi connectivity index (χ0v) is 12.5. The first-order valence-corrected chi connectivity index (χ1v) is 7.03. The van der Waals surface area contributed by atoms with Crippen molar-refractivity contribution in [3.63, 3.8) is 0 Å². The summed E-state index contributed by atoms with van der Waals surface area (Å²) in [6.07, 6.45) is 1.79. The number of ether oxygens (including phenoxy) is 2. The van der Waals surface area contributed by atoms with Gasteiger partial charge in [0.2, 0.25) is 5.88 Å². The van der Waals surface area contributed by atoms with Crippen LogP contribution in [0, 0.1) is 5.92 Å². The average Bonchev–Trinajstić information content (AvgIpc) is 2.38. The molecule has 1 aromatic rings. The highest BCUT2D eigenvalue weighted by molar-refractivity contribution is 5.23. The largest absolute Gasteiger partial charge is 0.475 e. The van der Waals surface area contributed by atoms with Crippen molar-refractivity contribution in [2.45, 2.75) is 33.7 Å². The van der Waals surface area contributed by atoms with Crippen molar-refractivity contribution in [1.82, 2.24) is 10.3 Å². The number of nitrogens with one attached hydrogen (secondary N) is 1. The Kier molecular flexibility index (Phi) is 7.45. The molecule has 0 bridgehead atoms. The van der Waals surface area contributed by atoms with Crippen LogP contribution >= 0.6 is 0 Å².